The van der Waals surface area contributed by atoms with E-state index >= 15 is 0 Å². The van der Waals surface area contributed by atoms with Crippen molar-refractivity contribution in [3.8, 4) is 0 Å². The molecule has 1 aliphatic rings. The highest BCUT2D eigenvalue weighted by atomic mass is 16.6. The van der Waals surface area contributed by atoms with Crippen molar-refractivity contribution in [2.45, 2.75) is 37.8 Å². The van der Waals surface area contributed by atoms with Crippen LogP contribution in [0.15, 0.2) is 24.3 Å². The molecule has 21 heavy (non-hydrogen) atoms. The average Bonchev–Trinajstić information content (AvgIpc) is 2.90. The first kappa shape index (κ1) is 15.2. The number of amides is 2. The Morgan fingerprint density at radius 1 is 1.33 bits per heavy atom. The lowest BCUT2D eigenvalue weighted by atomic mass is 10.0. The van der Waals surface area contributed by atoms with Crippen LogP contribution in [0.3, 0.4) is 0 Å². The van der Waals surface area contributed by atoms with Gasteiger partial charge in [0, 0.05) is 25.2 Å². The maximum absolute atomic E-state index is 11.7. The molecule has 0 bridgehead atoms. The summed E-state index contributed by atoms with van der Waals surface area (Å²) in [5.74, 6) is 0. The number of nitrogens with zero attached hydrogens (tertiary/aromatic N) is 1. The lowest BCUT2D eigenvalue weighted by Gasteiger charge is -2.22. The van der Waals surface area contributed by atoms with Gasteiger partial charge in [-0.2, -0.15) is 0 Å². The maximum Gasteiger partial charge on any atom is 0.315 e. The number of rotatable bonds is 5. The summed E-state index contributed by atoms with van der Waals surface area (Å²) in [6.07, 6.45) is 3.37. The molecule has 1 aromatic carbocycles. The van der Waals surface area contributed by atoms with Gasteiger partial charge in [-0.1, -0.05) is 25.0 Å². The molecule has 0 heterocycles. The van der Waals surface area contributed by atoms with Crippen molar-refractivity contribution in [2.75, 3.05) is 6.54 Å². The summed E-state index contributed by atoms with van der Waals surface area (Å²) in [4.78, 5) is 21.8. The van der Waals surface area contributed by atoms with Crippen LogP contribution in [0.2, 0.25) is 0 Å². The quantitative estimate of drug-likeness (QED) is 0.567. The van der Waals surface area contributed by atoms with Crippen LogP contribution < -0.4 is 10.6 Å². The minimum Gasteiger partial charge on any atom is -0.388 e. The second-order valence-corrected chi connectivity index (χ2v) is 5.39. The fraction of sp³-hybridized carbons (Fsp3) is 0.500. The maximum atomic E-state index is 11.7. The second kappa shape index (κ2) is 6.53. The summed E-state index contributed by atoms with van der Waals surface area (Å²) in [6, 6.07) is 5.72. The molecular formula is C14H19N3O4. The van der Waals surface area contributed by atoms with E-state index in [-0.39, 0.29) is 24.8 Å². The monoisotopic (exact) mass is 293 g/mol. The molecule has 0 spiro atoms. The highest BCUT2D eigenvalue weighted by molar-refractivity contribution is 5.73. The van der Waals surface area contributed by atoms with Gasteiger partial charge in [0.15, 0.2) is 0 Å². The third-order valence-corrected chi connectivity index (χ3v) is 3.69. The molecule has 1 aliphatic carbocycles. The Bertz CT molecular complexity index is 527. The van der Waals surface area contributed by atoms with Crippen LogP contribution >= 0.6 is 0 Å². The van der Waals surface area contributed by atoms with Gasteiger partial charge in [0.2, 0.25) is 0 Å². The van der Waals surface area contributed by atoms with Gasteiger partial charge in [-0.15, -0.1) is 0 Å². The summed E-state index contributed by atoms with van der Waals surface area (Å²) in [7, 11) is 0. The van der Waals surface area contributed by atoms with Gasteiger partial charge in [-0.25, -0.2) is 4.79 Å². The van der Waals surface area contributed by atoms with Crippen molar-refractivity contribution in [1.29, 1.82) is 0 Å². The number of nitro groups is 1. The molecule has 114 valence electrons. The molecule has 1 saturated carbocycles. The topological polar surface area (TPSA) is 104 Å². The van der Waals surface area contributed by atoms with E-state index in [1.807, 2.05) is 0 Å². The number of urea groups is 1. The summed E-state index contributed by atoms with van der Waals surface area (Å²) >= 11 is 0. The van der Waals surface area contributed by atoms with Crippen LogP contribution in [-0.4, -0.2) is 28.2 Å². The first-order chi connectivity index (χ1) is 9.98. The third kappa shape index (κ3) is 4.42. The van der Waals surface area contributed by atoms with Gasteiger partial charge >= 0.3 is 6.03 Å². The summed E-state index contributed by atoms with van der Waals surface area (Å²) < 4.78 is 0. The van der Waals surface area contributed by atoms with Gasteiger partial charge in [0.25, 0.3) is 5.69 Å². The molecule has 7 nitrogen and oxygen atoms in total. The Labute approximate surface area is 122 Å². The SMILES string of the molecule is O=C(NCc1cccc([N+](=O)[O-])c1)NCC1(O)CCCC1. The van der Waals surface area contributed by atoms with Gasteiger partial charge in [-0.3, -0.25) is 10.1 Å². The minimum absolute atomic E-state index is 0.00465. The number of non-ortho nitro benzene ring substituents is 1. The molecule has 0 unspecified atom stereocenters. The zero-order valence-electron chi connectivity index (χ0n) is 11.7. The van der Waals surface area contributed by atoms with E-state index in [0.29, 0.717) is 18.4 Å². The molecule has 0 radical (unpaired) electrons. The van der Waals surface area contributed by atoms with Gasteiger partial charge in [0.05, 0.1) is 10.5 Å². The van der Waals surface area contributed by atoms with E-state index in [4.69, 9.17) is 0 Å². The Morgan fingerprint density at radius 3 is 2.71 bits per heavy atom. The van der Waals surface area contributed by atoms with Crippen molar-refractivity contribution in [3.05, 3.63) is 39.9 Å². The van der Waals surface area contributed by atoms with Crippen molar-refractivity contribution in [3.63, 3.8) is 0 Å². The number of carbonyl (C=O) groups is 1. The molecular weight excluding hydrogens is 274 g/mol. The molecule has 2 amide bonds. The Kier molecular flexibility index (Phi) is 4.74. The molecule has 2 rings (SSSR count). The zero-order chi connectivity index (χ0) is 15.3. The van der Waals surface area contributed by atoms with E-state index in [9.17, 15) is 20.0 Å². The fourth-order valence-electron chi connectivity index (χ4n) is 2.48. The van der Waals surface area contributed by atoms with Crippen LogP contribution in [0, 0.1) is 10.1 Å². The number of hydrogen-bond donors (Lipinski definition) is 3. The van der Waals surface area contributed by atoms with E-state index in [1.165, 1.54) is 12.1 Å². The molecule has 7 heteroatoms. The Hall–Kier alpha value is -2.15. The predicted molar refractivity (Wildman–Crippen MR) is 76.8 cm³/mol. The standard InChI is InChI=1S/C14H19N3O4/c18-13(16-10-14(19)6-1-2-7-14)15-9-11-4-3-5-12(8-11)17(20)21/h3-5,8,19H,1-2,6-7,9-10H2,(H2,15,16,18). The lowest BCUT2D eigenvalue weighted by Crippen LogP contribution is -2.44. The molecule has 0 atom stereocenters. The van der Waals surface area contributed by atoms with Gasteiger partial charge < -0.3 is 15.7 Å². The van der Waals surface area contributed by atoms with Crippen LogP contribution in [0.5, 0.6) is 0 Å². The highest BCUT2D eigenvalue weighted by Crippen LogP contribution is 2.28. The van der Waals surface area contributed by atoms with Crippen LogP contribution in [-0.2, 0) is 6.54 Å². The smallest absolute Gasteiger partial charge is 0.315 e. The number of aliphatic hydroxyl groups is 1. The molecule has 3 N–H and O–H groups in total. The van der Waals surface area contributed by atoms with Crippen molar-refractivity contribution in [1.82, 2.24) is 10.6 Å². The molecule has 0 aliphatic heterocycles. The normalized spacial score (nSPS) is 16.4. The second-order valence-electron chi connectivity index (χ2n) is 5.39. The third-order valence-electron chi connectivity index (χ3n) is 3.69. The van der Waals surface area contributed by atoms with E-state index in [0.717, 1.165) is 12.8 Å². The number of carbonyl (C=O) groups excluding carboxylic acids is 1. The fourth-order valence-corrected chi connectivity index (χ4v) is 2.48. The van der Waals surface area contributed by atoms with Crippen LogP contribution in [0.25, 0.3) is 0 Å². The van der Waals surface area contributed by atoms with Crippen LogP contribution in [0.1, 0.15) is 31.2 Å². The van der Waals surface area contributed by atoms with Crippen molar-refractivity contribution in [2.24, 2.45) is 0 Å². The lowest BCUT2D eigenvalue weighted by molar-refractivity contribution is -0.384. The molecule has 1 aromatic rings. The minimum atomic E-state index is -0.789. The van der Waals surface area contributed by atoms with E-state index < -0.39 is 10.5 Å². The highest BCUT2D eigenvalue weighted by Gasteiger charge is 2.31. The van der Waals surface area contributed by atoms with Crippen molar-refractivity contribution < 1.29 is 14.8 Å². The van der Waals surface area contributed by atoms with Crippen molar-refractivity contribution >= 4 is 11.7 Å². The number of nitrogens with one attached hydrogen (secondary N) is 2. The summed E-state index contributed by atoms with van der Waals surface area (Å²) in [5, 5.41) is 26.0. The Morgan fingerprint density at radius 2 is 2.05 bits per heavy atom. The average molecular weight is 293 g/mol. The molecule has 0 aromatic heterocycles. The summed E-state index contributed by atoms with van der Waals surface area (Å²) in [6.45, 7) is 0.430. The Balaban J connectivity index is 1.78. The number of nitro benzene ring substituents is 1. The van der Waals surface area contributed by atoms with E-state index in [1.54, 1.807) is 12.1 Å². The van der Waals surface area contributed by atoms with Gasteiger partial charge in [0.1, 0.15) is 0 Å². The first-order valence-electron chi connectivity index (χ1n) is 6.96. The first-order valence-corrected chi connectivity index (χ1v) is 6.96. The van der Waals surface area contributed by atoms with E-state index in [2.05, 4.69) is 10.6 Å². The largest absolute Gasteiger partial charge is 0.388 e. The van der Waals surface area contributed by atoms with Crippen LogP contribution in [0.4, 0.5) is 10.5 Å². The zero-order valence-corrected chi connectivity index (χ0v) is 11.7. The number of benzene rings is 1. The summed E-state index contributed by atoms with van der Waals surface area (Å²) in [5.41, 5.74) is -0.142. The predicted octanol–water partition coefficient (Wildman–Crippen LogP) is 1.70. The molecule has 0 saturated heterocycles. The number of hydrogen-bond acceptors (Lipinski definition) is 4. The molecule has 1 fully saturated rings. The van der Waals surface area contributed by atoms with Gasteiger partial charge in [-0.05, 0) is 18.4 Å².